The van der Waals surface area contributed by atoms with E-state index in [0.717, 1.165) is 0 Å². The average molecular weight is 171 g/mol. The van der Waals surface area contributed by atoms with E-state index in [9.17, 15) is 18.0 Å². The summed E-state index contributed by atoms with van der Waals surface area (Å²) in [5.74, 6) is -0.892. The lowest BCUT2D eigenvalue weighted by atomic mass is 10.6. The predicted molar refractivity (Wildman–Crippen MR) is 32.0 cm³/mol. The van der Waals surface area contributed by atoms with E-state index >= 15 is 0 Å². The van der Waals surface area contributed by atoms with E-state index in [-0.39, 0.29) is 0 Å². The van der Waals surface area contributed by atoms with Crippen LogP contribution in [0.4, 0.5) is 13.2 Å². The molecule has 0 heterocycles. The minimum atomic E-state index is -4.34. The molecule has 0 radical (unpaired) electrons. The molecule has 0 saturated carbocycles. The van der Waals surface area contributed by atoms with Crippen molar-refractivity contribution in [1.82, 2.24) is 0 Å². The van der Waals surface area contributed by atoms with E-state index in [2.05, 4.69) is 5.73 Å². The molecule has 0 rings (SSSR count). The van der Waals surface area contributed by atoms with Crippen molar-refractivity contribution >= 4 is 17.7 Å². The number of primary amides is 1. The maximum atomic E-state index is 11.3. The van der Waals surface area contributed by atoms with Crippen LogP contribution in [0.2, 0.25) is 0 Å². The number of hydrogen-bond acceptors (Lipinski definition) is 2. The summed E-state index contributed by atoms with van der Waals surface area (Å²) in [6.45, 7) is 0. The van der Waals surface area contributed by atoms with Gasteiger partial charge in [-0.25, -0.2) is 0 Å². The zero-order valence-electron chi connectivity index (χ0n) is 4.68. The van der Waals surface area contributed by atoms with E-state index < -0.39 is 23.2 Å². The van der Waals surface area contributed by atoms with Crippen LogP contribution in [-0.4, -0.2) is 11.4 Å². The zero-order valence-corrected chi connectivity index (χ0v) is 5.50. The number of alkyl halides is 3. The standard InChI is InChI=1S/C4H4F3NOS/c5-4(6,7)10-2-1-3(8)9/h1-2H,(H2,8,9). The minimum absolute atomic E-state index is 0.419. The SMILES string of the molecule is NC(=O)C=CSC(F)(F)F. The van der Waals surface area contributed by atoms with Gasteiger partial charge in [0.1, 0.15) is 0 Å². The molecule has 0 unspecified atom stereocenters. The fraction of sp³-hybridized carbons (Fsp3) is 0.250. The number of hydrogen-bond donors (Lipinski definition) is 1. The Kier molecular flexibility index (Phi) is 3.27. The Hall–Kier alpha value is -0.650. The highest BCUT2D eigenvalue weighted by molar-refractivity contribution is 8.02. The first-order chi connectivity index (χ1) is 4.42. The summed E-state index contributed by atoms with van der Waals surface area (Å²) in [7, 11) is 0. The van der Waals surface area contributed by atoms with E-state index in [4.69, 9.17) is 0 Å². The number of thioether (sulfide) groups is 1. The number of carbonyl (C=O) groups is 1. The molecule has 0 spiro atoms. The molecule has 0 saturated heterocycles. The maximum absolute atomic E-state index is 11.3. The Balaban J connectivity index is 3.64. The first-order valence-electron chi connectivity index (χ1n) is 2.12. The van der Waals surface area contributed by atoms with Gasteiger partial charge in [0.05, 0.1) is 0 Å². The van der Waals surface area contributed by atoms with Gasteiger partial charge in [-0.15, -0.1) is 0 Å². The number of rotatable bonds is 2. The van der Waals surface area contributed by atoms with Gasteiger partial charge in [-0.1, -0.05) is 0 Å². The number of amides is 1. The highest BCUT2D eigenvalue weighted by atomic mass is 32.2. The highest BCUT2D eigenvalue weighted by Gasteiger charge is 2.26. The second-order valence-electron chi connectivity index (χ2n) is 1.27. The Bertz CT molecular complexity index is 153. The number of carbonyl (C=O) groups excluding carboxylic acids is 1. The molecule has 0 bridgehead atoms. The summed E-state index contributed by atoms with van der Waals surface area (Å²) in [5, 5.41) is 0.600. The Morgan fingerprint density at radius 3 is 2.30 bits per heavy atom. The summed E-state index contributed by atoms with van der Waals surface area (Å²) in [5.41, 5.74) is 0.174. The van der Waals surface area contributed by atoms with Crippen molar-refractivity contribution in [3.05, 3.63) is 11.5 Å². The third kappa shape index (κ3) is 7.35. The van der Waals surface area contributed by atoms with E-state index in [1.165, 1.54) is 0 Å². The quantitative estimate of drug-likeness (QED) is 0.635. The molecule has 58 valence electrons. The van der Waals surface area contributed by atoms with Crippen LogP contribution in [0, 0.1) is 0 Å². The van der Waals surface area contributed by atoms with Gasteiger partial charge >= 0.3 is 5.51 Å². The summed E-state index contributed by atoms with van der Waals surface area (Å²) in [6, 6.07) is 0. The van der Waals surface area contributed by atoms with Crippen LogP contribution < -0.4 is 5.73 Å². The van der Waals surface area contributed by atoms with Crippen LogP contribution in [0.5, 0.6) is 0 Å². The first kappa shape index (κ1) is 9.35. The molecule has 6 heteroatoms. The van der Waals surface area contributed by atoms with Gasteiger partial charge in [0.25, 0.3) is 0 Å². The van der Waals surface area contributed by atoms with Crippen LogP contribution in [0.3, 0.4) is 0 Å². The molecule has 0 aromatic heterocycles. The summed E-state index contributed by atoms with van der Waals surface area (Å²) in [4.78, 5) is 9.84. The molecule has 2 nitrogen and oxygen atoms in total. The normalized spacial score (nSPS) is 12.3. The van der Waals surface area contributed by atoms with Crippen molar-refractivity contribution in [2.24, 2.45) is 5.73 Å². The molecule has 0 atom stereocenters. The van der Waals surface area contributed by atoms with Crippen molar-refractivity contribution in [3.63, 3.8) is 0 Å². The molecular weight excluding hydrogens is 167 g/mol. The largest absolute Gasteiger partial charge is 0.445 e. The Morgan fingerprint density at radius 1 is 1.50 bits per heavy atom. The third-order valence-electron chi connectivity index (χ3n) is 0.434. The number of halogens is 3. The minimum Gasteiger partial charge on any atom is -0.366 e. The van der Waals surface area contributed by atoms with Crippen molar-refractivity contribution < 1.29 is 18.0 Å². The summed E-state index contributed by atoms with van der Waals surface area (Å²) >= 11 is -0.419. The van der Waals surface area contributed by atoms with Crippen LogP contribution in [0.15, 0.2) is 11.5 Å². The van der Waals surface area contributed by atoms with Crippen LogP contribution in [-0.2, 0) is 4.79 Å². The molecular formula is C4H4F3NOS. The van der Waals surface area contributed by atoms with Crippen LogP contribution >= 0.6 is 11.8 Å². The molecule has 0 aliphatic rings. The fourth-order valence-electron chi connectivity index (χ4n) is 0.178. The first-order valence-corrected chi connectivity index (χ1v) is 3.00. The number of nitrogens with two attached hydrogens (primary N) is 1. The average Bonchev–Trinajstić information content (AvgIpc) is 1.59. The Morgan fingerprint density at radius 2 is 2.00 bits per heavy atom. The van der Waals surface area contributed by atoms with Crippen molar-refractivity contribution in [2.75, 3.05) is 0 Å². The third-order valence-corrected chi connectivity index (χ3v) is 0.973. The van der Waals surface area contributed by atoms with Crippen molar-refractivity contribution in [3.8, 4) is 0 Å². The van der Waals surface area contributed by atoms with Crippen molar-refractivity contribution in [1.29, 1.82) is 0 Å². The van der Waals surface area contributed by atoms with Gasteiger partial charge in [0.2, 0.25) is 5.91 Å². The molecule has 1 amide bonds. The lowest BCUT2D eigenvalue weighted by Crippen LogP contribution is -2.05. The molecule has 0 aromatic rings. The molecule has 2 N–H and O–H groups in total. The highest BCUT2D eigenvalue weighted by Crippen LogP contribution is 2.30. The summed E-state index contributed by atoms with van der Waals surface area (Å²) in [6.07, 6.45) is 0.651. The lowest BCUT2D eigenvalue weighted by molar-refractivity contribution is -0.113. The molecule has 0 aliphatic carbocycles. The van der Waals surface area contributed by atoms with E-state index in [0.29, 0.717) is 11.5 Å². The zero-order chi connectivity index (χ0) is 8.20. The monoisotopic (exact) mass is 171 g/mol. The fourth-order valence-corrected chi connectivity index (χ4v) is 0.535. The maximum Gasteiger partial charge on any atom is 0.445 e. The predicted octanol–water partition coefficient (Wildman–Crippen LogP) is 1.24. The van der Waals surface area contributed by atoms with Gasteiger partial charge < -0.3 is 5.73 Å². The van der Waals surface area contributed by atoms with Gasteiger partial charge in [0.15, 0.2) is 0 Å². The van der Waals surface area contributed by atoms with Gasteiger partial charge in [0, 0.05) is 6.08 Å². The molecule has 0 aromatic carbocycles. The van der Waals surface area contributed by atoms with Crippen molar-refractivity contribution in [2.45, 2.75) is 5.51 Å². The van der Waals surface area contributed by atoms with E-state index in [1.54, 1.807) is 0 Å². The molecule has 0 aliphatic heterocycles. The molecule has 10 heavy (non-hydrogen) atoms. The van der Waals surface area contributed by atoms with Crippen LogP contribution in [0.25, 0.3) is 0 Å². The van der Waals surface area contributed by atoms with Gasteiger partial charge in [-0.2, -0.15) is 13.2 Å². The second kappa shape index (κ2) is 3.50. The topological polar surface area (TPSA) is 43.1 Å². The lowest BCUT2D eigenvalue weighted by Gasteiger charge is -1.97. The smallest absolute Gasteiger partial charge is 0.366 e. The second-order valence-corrected chi connectivity index (χ2v) is 2.24. The molecule has 0 fully saturated rings. The van der Waals surface area contributed by atoms with Gasteiger partial charge in [-0.05, 0) is 17.2 Å². The van der Waals surface area contributed by atoms with E-state index in [1.807, 2.05) is 0 Å². The van der Waals surface area contributed by atoms with Gasteiger partial charge in [-0.3, -0.25) is 4.79 Å². The Labute approximate surface area is 59.3 Å². The summed E-state index contributed by atoms with van der Waals surface area (Å²) < 4.78 is 33.8. The van der Waals surface area contributed by atoms with Crippen LogP contribution in [0.1, 0.15) is 0 Å².